The Balaban J connectivity index is 1.97. The Morgan fingerprint density at radius 2 is 1.93 bits per heavy atom. The molecule has 0 radical (unpaired) electrons. The predicted octanol–water partition coefficient (Wildman–Crippen LogP) is 3.29. The molecule has 7 nitrogen and oxygen atoms in total. The molecule has 0 aliphatic heterocycles. The minimum atomic E-state index is -0.525. The number of methoxy groups -OCH3 is 1. The number of rotatable bonds is 5. The zero-order valence-electron chi connectivity index (χ0n) is 15.8. The normalized spacial score (nSPS) is 10.4. The first-order valence-electron chi connectivity index (χ1n) is 8.53. The number of aromatic hydroxyl groups is 1. The highest BCUT2D eigenvalue weighted by Crippen LogP contribution is 2.30. The SMILES string of the molecule is COc1ccc(Cn2cnc(O)c(Oc3cc(C)cc(C#N)c3C)c2=O)cc1. The maximum atomic E-state index is 12.8. The lowest BCUT2D eigenvalue weighted by molar-refractivity contribution is 0.382. The third kappa shape index (κ3) is 3.81. The standard InChI is InChI=1S/C21H19N3O4/c1-13-8-16(10-22)14(2)18(9-13)28-19-20(25)23-12-24(21(19)26)11-15-4-6-17(27-3)7-5-15/h4-9,12,25H,11H2,1-3H3. The lowest BCUT2D eigenvalue weighted by atomic mass is 10.1. The van der Waals surface area contributed by atoms with Crippen molar-refractivity contribution in [2.24, 2.45) is 0 Å². The molecule has 0 aliphatic rings. The smallest absolute Gasteiger partial charge is 0.300 e. The topological polar surface area (TPSA) is 97.4 Å². The van der Waals surface area contributed by atoms with Crippen molar-refractivity contribution in [3.63, 3.8) is 0 Å². The van der Waals surface area contributed by atoms with Crippen LogP contribution in [0.15, 0.2) is 47.5 Å². The Morgan fingerprint density at radius 3 is 2.57 bits per heavy atom. The Labute approximate surface area is 162 Å². The lowest BCUT2D eigenvalue weighted by Gasteiger charge is -2.13. The summed E-state index contributed by atoms with van der Waals surface area (Å²) in [5, 5.41) is 19.3. The van der Waals surface area contributed by atoms with Gasteiger partial charge in [-0.1, -0.05) is 12.1 Å². The molecule has 0 saturated heterocycles. The molecule has 0 aliphatic carbocycles. The number of aromatic nitrogens is 2. The van der Waals surface area contributed by atoms with E-state index in [-0.39, 0.29) is 12.3 Å². The fourth-order valence-corrected chi connectivity index (χ4v) is 2.75. The van der Waals surface area contributed by atoms with E-state index in [0.717, 1.165) is 11.1 Å². The molecule has 0 saturated carbocycles. The molecule has 0 amide bonds. The second-order valence-electron chi connectivity index (χ2n) is 6.33. The number of aryl methyl sites for hydroxylation is 1. The number of hydrogen-bond donors (Lipinski definition) is 1. The summed E-state index contributed by atoms with van der Waals surface area (Å²) in [6.45, 7) is 3.79. The molecule has 3 rings (SSSR count). The van der Waals surface area contributed by atoms with E-state index in [1.165, 1.54) is 10.9 Å². The van der Waals surface area contributed by atoms with Gasteiger partial charge in [0.25, 0.3) is 11.6 Å². The van der Waals surface area contributed by atoms with Crippen LogP contribution in [-0.2, 0) is 6.54 Å². The van der Waals surface area contributed by atoms with E-state index in [9.17, 15) is 15.2 Å². The number of ether oxygens (including phenoxy) is 2. The summed E-state index contributed by atoms with van der Waals surface area (Å²) >= 11 is 0. The maximum absolute atomic E-state index is 12.8. The average molecular weight is 377 g/mol. The van der Waals surface area contributed by atoms with Crippen LogP contribution in [0.4, 0.5) is 0 Å². The van der Waals surface area contributed by atoms with Gasteiger partial charge in [0.1, 0.15) is 17.8 Å². The molecule has 0 bridgehead atoms. The Kier molecular flexibility index (Phi) is 5.32. The first-order valence-corrected chi connectivity index (χ1v) is 8.53. The van der Waals surface area contributed by atoms with Gasteiger partial charge in [0.2, 0.25) is 0 Å². The van der Waals surface area contributed by atoms with E-state index in [4.69, 9.17) is 9.47 Å². The summed E-state index contributed by atoms with van der Waals surface area (Å²) in [7, 11) is 1.58. The highest BCUT2D eigenvalue weighted by Gasteiger charge is 2.16. The zero-order chi connectivity index (χ0) is 20.3. The molecule has 2 aromatic carbocycles. The second kappa shape index (κ2) is 7.84. The minimum absolute atomic E-state index is 0.253. The van der Waals surface area contributed by atoms with Crippen molar-refractivity contribution >= 4 is 0 Å². The van der Waals surface area contributed by atoms with Gasteiger partial charge in [-0.3, -0.25) is 9.36 Å². The van der Waals surface area contributed by atoms with Crippen molar-refractivity contribution in [2.75, 3.05) is 7.11 Å². The third-order valence-corrected chi connectivity index (χ3v) is 4.33. The second-order valence-corrected chi connectivity index (χ2v) is 6.33. The molecule has 1 N–H and O–H groups in total. The van der Waals surface area contributed by atoms with Crippen LogP contribution in [0.5, 0.6) is 23.1 Å². The first-order chi connectivity index (χ1) is 13.4. The quantitative estimate of drug-likeness (QED) is 0.733. The van der Waals surface area contributed by atoms with Crippen molar-refractivity contribution in [1.29, 1.82) is 5.26 Å². The van der Waals surface area contributed by atoms with Gasteiger partial charge < -0.3 is 14.6 Å². The van der Waals surface area contributed by atoms with Crippen molar-refractivity contribution in [3.8, 4) is 29.2 Å². The monoisotopic (exact) mass is 377 g/mol. The first kappa shape index (κ1) is 19.0. The van der Waals surface area contributed by atoms with Gasteiger partial charge in [-0.2, -0.15) is 5.26 Å². The van der Waals surface area contributed by atoms with E-state index in [1.807, 2.05) is 19.1 Å². The summed E-state index contributed by atoms with van der Waals surface area (Å²) in [6.07, 6.45) is 1.26. The molecular weight excluding hydrogens is 358 g/mol. The molecule has 0 fully saturated rings. The molecular formula is C21H19N3O4. The summed E-state index contributed by atoms with van der Waals surface area (Å²) in [5.41, 5.74) is 2.16. The van der Waals surface area contributed by atoms with Gasteiger partial charge in [-0.05, 0) is 49.2 Å². The highest BCUT2D eigenvalue weighted by molar-refractivity contribution is 5.50. The Morgan fingerprint density at radius 1 is 1.21 bits per heavy atom. The van der Waals surface area contributed by atoms with Crippen LogP contribution < -0.4 is 15.0 Å². The number of hydrogen-bond acceptors (Lipinski definition) is 6. The van der Waals surface area contributed by atoms with Gasteiger partial charge in [0.05, 0.1) is 25.3 Å². The number of nitrogens with zero attached hydrogens (tertiary/aromatic N) is 3. The van der Waals surface area contributed by atoms with Crippen molar-refractivity contribution in [1.82, 2.24) is 9.55 Å². The average Bonchev–Trinajstić information content (AvgIpc) is 2.70. The molecule has 7 heteroatoms. The van der Waals surface area contributed by atoms with Crippen LogP contribution in [0.3, 0.4) is 0 Å². The molecule has 1 heterocycles. The molecule has 3 aromatic rings. The molecule has 142 valence electrons. The minimum Gasteiger partial charge on any atom is -0.497 e. The van der Waals surface area contributed by atoms with Crippen LogP contribution >= 0.6 is 0 Å². The fraction of sp³-hybridized carbons (Fsp3) is 0.190. The Hall–Kier alpha value is -3.79. The van der Waals surface area contributed by atoms with Crippen molar-refractivity contribution in [3.05, 3.63) is 75.3 Å². The zero-order valence-corrected chi connectivity index (χ0v) is 15.8. The highest BCUT2D eigenvalue weighted by atomic mass is 16.5. The van der Waals surface area contributed by atoms with Gasteiger partial charge >= 0.3 is 5.56 Å². The van der Waals surface area contributed by atoms with Crippen LogP contribution in [0.2, 0.25) is 0 Å². The molecule has 0 atom stereocenters. The number of benzene rings is 2. The summed E-state index contributed by atoms with van der Waals surface area (Å²) in [6, 6.07) is 12.8. The van der Waals surface area contributed by atoms with Crippen LogP contribution in [0.25, 0.3) is 0 Å². The van der Waals surface area contributed by atoms with Crippen LogP contribution in [0.1, 0.15) is 22.3 Å². The molecule has 1 aromatic heterocycles. The van der Waals surface area contributed by atoms with Crippen LogP contribution in [0, 0.1) is 25.2 Å². The fourth-order valence-electron chi connectivity index (χ4n) is 2.75. The van der Waals surface area contributed by atoms with Gasteiger partial charge in [-0.25, -0.2) is 4.98 Å². The summed E-state index contributed by atoms with van der Waals surface area (Å²) < 4.78 is 12.2. The van der Waals surface area contributed by atoms with E-state index in [2.05, 4.69) is 11.1 Å². The molecule has 0 spiro atoms. The lowest BCUT2D eigenvalue weighted by Crippen LogP contribution is -2.22. The van der Waals surface area contributed by atoms with E-state index in [1.54, 1.807) is 38.3 Å². The maximum Gasteiger partial charge on any atom is 0.300 e. The van der Waals surface area contributed by atoms with E-state index in [0.29, 0.717) is 22.6 Å². The van der Waals surface area contributed by atoms with Gasteiger partial charge in [0, 0.05) is 5.56 Å². The predicted molar refractivity (Wildman–Crippen MR) is 103 cm³/mol. The van der Waals surface area contributed by atoms with E-state index < -0.39 is 11.4 Å². The summed E-state index contributed by atoms with van der Waals surface area (Å²) in [4.78, 5) is 16.7. The third-order valence-electron chi connectivity index (χ3n) is 4.33. The molecule has 0 unspecified atom stereocenters. The van der Waals surface area contributed by atoms with Crippen LogP contribution in [-0.4, -0.2) is 21.8 Å². The van der Waals surface area contributed by atoms with Gasteiger partial charge in [0.15, 0.2) is 0 Å². The summed E-state index contributed by atoms with van der Waals surface area (Å²) in [5.74, 6) is 0.254. The largest absolute Gasteiger partial charge is 0.497 e. The van der Waals surface area contributed by atoms with E-state index >= 15 is 0 Å². The number of nitriles is 1. The molecule has 28 heavy (non-hydrogen) atoms. The van der Waals surface area contributed by atoms with Crippen molar-refractivity contribution < 1.29 is 14.6 Å². The van der Waals surface area contributed by atoms with Gasteiger partial charge in [-0.15, -0.1) is 0 Å². The van der Waals surface area contributed by atoms with Crippen molar-refractivity contribution in [2.45, 2.75) is 20.4 Å². The Bertz CT molecular complexity index is 1110.